The molecule has 2 rings (SSSR count). The minimum atomic E-state index is -4.65. The average Bonchev–Trinajstić information content (AvgIpc) is 2.40. The lowest BCUT2D eigenvalue weighted by Crippen LogP contribution is -2.45. The van der Waals surface area contributed by atoms with Crippen LogP contribution in [-0.4, -0.2) is 26.7 Å². The Morgan fingerprint density at radius 2 is 1.86 bits per heavy atom. The fourth-order valence-corrected chi connectivity index (χ4v) is 1.35. The third kappa shape index (κ3) is 3.26. The van der Waals surface area contributed by atoms with Crippen LogP contribution in [0.15, 0.2) is 24.7 Å². The van der Waals surface area contributed by atoms with Gasteiger partial charge in [-0.3, -0.25) is 9.97 Å². The second-order valence-corrected chi connectivity index (χ2v) is 4.65. The zero-order chi connectivity index (χ0) is 15.7. The molecular formula is C13H10F4N3O. The molecule has 0 fully saturated rings. The van der Waals surface area contributed by atoms with E-state index in [1.54, 1.807) is 0 Å². The molecule has 0 unspecified atom stereocenters. The quantitative estimate of drug-likeness (QED) is 0.817. The number of alkyl halides is 3. The highest BCUT2D eigenvalue weighted by atomic mass is 19.4. The summed E-state index contributed by atoms with van der Waals surface area (Å²) in [6, 6.07) is 0.985. The number of halogens is 4. The van der Waals surface area contributed by atoms with Gasteiger partial charge >= 0.3 is 6.18 Å². The van der Waals surface area contributed by atoms with Crippen LogP contribution in [0, 0.1) is 12.0 Å². The molecule has 0 aliphatic heterocycles. The molecule has 0 N–H and O–H groups in total. The van der Waals surface area contributed by atoms with Gasteiger partial charge in [0.25, 0.3) is 5.88 Å². The molecule has 0 aromatic carbocycles. The van der Waals surface area contributed by atoms with Gasteiger partial charge in [0, 0.05) is 11.8 Å². The van der Waals surface area contributed by atoms with Gasteiger partial charge in [0.2, 0.25) is 0 Å². The van der Waals surface area contributed by atoms with Gasteiger partial charge in [-0.2, -0.15) is 13.2 Å². The maximum Gasteiger partial charge on any atom is 0.427 e. The highest BCUT2D eigenvalue weighted by Gasteiger charge is 2.50. The summed E-state index contributed by atoms with van der Waals surface area (Å²) in [5, 5.41) is 0. The molecular weight excluding hydrogens is 290 g/mol. The van der Waals surface area contributed by atoms with Crippen LogP contribution in [0.3, 0.4) is 0 Å². The smallest absolute Gasteiger partial charge is 0.427 e. The first kappa shape index (κ1) is 15.1. The van der Waals surface area contributed by atoms with Gasteiger partial charge in [-0.15, -0.1) is 0 Å². The zero-order valence-electron chi connectivity index (χ0n) is 11.1. The Hall–Kier alpha value is -2.25. The second kappa shape index (κ2) is 5.27. The van der Waals surface area contributed by atoms with Crippen molar-refractivity contribution in [2.45, 2.75) is 25.6 Å². The first-order valence-electron chi connectivity index (χ1n) is 5.80. The third-order valence-corrected chi connectivity index (χ3v) is 2.66. The molecule has 8 heteroatoms. The molecule has 0 saturated heterocycles. The summed E-state index contributed by atoms with van der Waals surface area (Å²) in [5.41, 5.74) is -1.96. The molecule has 2 heterocycles. The average molecular weight is 300 g/mol. The standard InChI is InChI=1S/C13H10F4N3O/c1-12(2,13(15,16)17)21-11-9(14)5-8(6-20-11)10-7-18-3-4-19-10/h4-7H,1-2H3. The molecule has 0 spiro atoms. The van der Waals surface area contributed by atoms with Crippen LogP contribution in [0.25, 0.3) is 11.3 Å². The van der Waals surface area contributed by atoms with E-state index in [0.717, 1.165) is 26.1 Å². The van der Waals surface area contributed by atoms with Crippen LogP contribution in [-0.2, 0) is 0 Å². The van der Waals surface area contributed by atoms with Crippen molar-refractivity contribution in [3.8, 4) is 17.1 Å². The molecule has 0 atom stereocenters. The Kier molecular flexibility index (Phi) is 3.80. The SMILES string of the molecule is CC(C)(Oc1ncc(-c2cn[c]cn2)cc1F)C(F)(F)F. The van der Waals surface area contributed by atoms with Gasteiger partial charge in [-0.05, 0) is 19.9 Å². The van der Waals surface area contributed by atoms with Crippen molar-refractivity contribution in [2.75, 3.05) is 0 Å². The second-order valence-electron chi connectivity index (χ2n) is 4.65. The Morgan fingerprint density at radius 1 is 1.14 bits per heavy atom. The number of rotatable bonds is 3. The highest BCUT2D eigenvalue weighted by molar-refractivity contribution is 5.57. The van der Waals surface area contributed by atoms with E-state index in [0.29, 0.717) is 5.69 Å². The predicted octanol–water partition coefficient (Wildman–Crippen LogP) is 3.20. The minimum absolute atomic E-state index is 0.270. The van der Waals surface area contributed by atoms with Crippen LogP contribution in [0.5, 0.6) is 5.88 Å². The van der Waals surface area contributed by atoms with E-state index in [1.165, 1.54) is 12.4 Å². The molecule has 21 heavy (non-hydrogen) atoms. The summed E-state index contributed by atoms with van der Waals surface area (Å²) in [7, 11) is 0. The predicted molar refractivity (Wildman–Crippen MR) is 64.8 cm³/mol. The normalized spacial score (nSPS) is 12.3. The van der Waals surface area contributed by atoms with E-state index in [4.69, 9.17) is 0 Å². The summed E-state index contributed by atoms with van der Waals surface area (Å²) in [6.07, 6.45) is 1.57. The van der Waals surface area contributed by atoms with Crippen molar-refractivity contribution >= 4 is 0 Å². The van der Waals surface area contributed by atoms with Gasteiger partial charge in [0.05, 0.1) is 18.1 Å². The van der Waals surface area contributed by atoms with Crippen molar-refractivity contribution in [3.63, 3.8) is 0 Å². The van der Waals surface area contributed by atoms with E-state index in [9.17, 15) is 17.6 Å². The van der Waals surface area contributed by atoms with Crippen molar-refractivity contribution < 1.29 is 22.3 Å². The van der Waals surface area contributed by atoms with Crippen LogP contribution in [0.1, 0.15) is 13.8 Å². The Morgan fingerprint density at radius 3 is 2.38 bits per heavy atom. The van der Waals surface area contributed by atoms with E-state index >= 15 is 0 Å². The molecule has 1 radical (unpaired) electrons. The van der Waals surface area contributed by atoms with Crippen LogP contribution >= 0.6 is 0 Å². The maximum atomic E-state index is 13.8. The number of aromatic nitrogens is 3. The van der Waals surface area contributed by atoms with Crippen LogP contribution in [0.2, 0.25) is 0 Å². The fraction of sp³-hybridized carbons (Fsp3) is 0.308. The van der Waals surface area contributed by atoms with E-state index in [2.05, 4.69) is 25.9 Å². The largest absolute Gasteiger partial charge is 0.460 e. The number of nitrogens with zero attached hydrogens (tertiary/aromatic N) is 3. The molecule has 2 aromatic rings. The first-order valence-corrected chi connectivity index (χ1v) is 5.80. The van der Waals surface area contributed by atoms with Crippen molar-refractivity contribution in [2.24, 2.45) is 0 Å². The van der Waals surface area contributed by atoms with E-state index in [-0.39, 0.29) is 5.56 Å². The summed E-state index contributed by atoms with van der Waals surface area (Å²) >= 11 is 0. The topological polar surface area (TPSA) is 47.9 Å². The van der Waals surface area contributed by atoms with Crippen LogP contribution < -0.4 is 4.74 Å². The number of pyridine rings is 1. The molecule has 2 aromatic heterocycles. The fourth-order valence-electron chi connectivity index (χ4n) is 1.35. The van der Waals surface area contributed by atoms with Gasteiger partial charge in [-0.25, -0.2) is 9.37 Å². The molecule has 111 valence electrons. The minimum Gasteiger partial charge on any atom is -0.460 e. The van der Waals surface area contributed by atoms with Crippen LogP contribution in [0.4, 0.5) is 17.6 Å². The molecule has 4 nitrogen and oxygen atoms in total. The third-order valence-electron chi connectivity index (χ3n) is 2.66. The van der Waals surface area contributed by atoms with Crippen molar-refractivity contribution in [3.05, 3.63) is 36.7 Å². The van der Waals surface area contributed by atoms with E-state index in [1.807, 2.05) is 0 Å². The lowest BCUT2D eigenvalue weighted by molar-refractivity contribution is -0.235. The van der Waals surface area contributed by atoms with Gasteiger partial charge in [-0.1, -0.05) is 0 Å². The van der Waals surface area contributed by atoms with Crippen molar-refractivity contribution in [1.29, 1.82) is 0 Å². The summed E-state index contributed by atoms with van der Waals surface area (Å²) in [5.74, 6) is -1.74. The number of ether oxygens (including phenoxy) is 1. The molecule has 0 aliphatic rings. The van der Waals surface area contributed by atoms with E-state index < -0.39 is 23.5 Å². The number of hydrogen-bond donors (Lipinski definition) is 0. The zero-order valence-corrected chi connectivity index (χ0v) is 11.1. The summed E-state index contributed by atoms with van der Waals surface area (Å²) in [4.78, 5) is 11.2. The molecule has 0 aliphatic carbocycles. The highest BCUT2D eigenvalue weighted by Crippen LogP contribution is 2.34. The summed E-state index contributed by atoms with van der Waals surface area (Å²) in [6.45, 7) is 1.58. The van der Waals surface area contributed by atoms with Gasteiger partial charge < -0.3 is 4.74 Å². The molecule has 0 saturated carbocycles. The van der Waals surface area contributed by atoms with Gasteiger partial charge in [0.15, 0.2) is 11.4 Å². The van der Waals surface area contributed by atoms with Gasteiger partial charge in [0.1, 0.15) is 6.20 Å². The first-order chi connectivity index (χ1) is 9.71. The molecule has 0 bridgehead atoms. The summed E-state index contributed by atoms with van der Waals surface area (Å²) < 4.78 is 56.6. The van der Waals surface area contributed by atoms with Crippen molar-refractivity contribution in [1.82, 2.24) is 15.0 Å². The monoisotopic (exact) mass is 300 g/mol. The Labute approximate surface area is 117 Å². The number of hydrogen-bond acceptors (Lipinski definition) is 4. The lowest BCUT2D eigenvalue weighted by Gasteiger charge is -2.28. The lowest BCUT2D eigenvalue weighted by atomic mass is 10.1. The molecule has 0 amide bonds. The Bertz CT molecular complexity index is 629. The maximum absolute atomic E-state index is 13.8. The Balaban J connectivity index is 2.29.